The third kappa shape index (κ3) is 4.30. The van der Waals surface area contributed by atoms with Gasteiger partial charge in [-0.2, -0.15) is 0 Å². The molecule has 0 amide bonds. The summed E-state index contributed by atoms with van der Waals surface area (Å²) in [5, 5.41) is 23.9. The number of aliphatic hydroxyl groups excluding tert-OH is 1. The molecule has 0 spiro atoms. The van der Waals surface area contributed by atoms with Gasteiger partial charge in [0.1, 0.15) is 5.82 Å². The van der Waals surface area contributed by atoms with Gasteiger partial charge in [0.05, 0.1) is 11.0 Å². The molecule has 7 heteroatoms. The van der Waals surface area contributed by atoms with E-state index in [4.69, 9.17) is 0 Å². The quantitative estimate of drug-likeness (QED) is 0.638. The zero-order valence-electron chi connectivity index (χ0n) is 14.2. The highest BCUT2D eigenvalue weighted by Crippen LogP contribution is 2.24. The molecule has 1 aliphatic rings. The Bertz CT molecular complexity index is 740. The molecule has 0 bridgehead atoms. The number of nitro benzene ring substituents is 1. The molecule has 1 aliphatic carbocycles. The van der Waals surface area contributed by atoms with Crippen molar-refractivity contribution in [1.29, 1.82) is 0 Å². The van der Waals surface area contributed by atoms with Crippen LogP contribution in [-0.4, -0.2) is 32.1 Å². The first kappa shape index (κ1) is 17.3. The summed E-state index contributed by atoms with van der Waals surface area (Å²) in [6, 6.07) is 8.52. The molecule has 0 aliphatic heterocycles. The van der Waals surface area contributed by atoms with Crippen LogP contribution < -0.4 is 5.32 Å². The van der Waals surface area contributed by atoms with Crippen LogP contribution in [0.1, 0.15) is 38.3 Å². The third-order valence-corrected chi connectivity index (χ3v) is 4.53. The van der Waals surface area contributed by atoms with E-state index in [0.717, 1.165) is 49.2 Å². The van der Waals surface area contributed by atoms with Crippen molar-refractivity contribution in [2.24, 2.45) is 0 Å². The predicted molar refractivity (Wildman–Crippen MR) is 95.4 cm³/mol. The fourth-order valence-electron chi connectivity index (χ4n) is 3.04. The van der Waals surface area contributed by atoms with Crippen molar-refractivity contribution in [3.8, 4) is 11.4 Å². The van der Waals surface area contributed by atoms with Gasteiger partial charge in [0.15, 0.2) is 5.82 Å². The smallest absolute Gasteiger partial charge is 0.269 e. The molecule has 2 N–H and O–H groups in total. The topological polar surface area (TPSA) is 101 Å². The molecule has 25 heavy (non-hydrogen) atoms. The van der Waals surface area contributed by atoms with E-state index in [2.05, 4.69) is 15.3 Å². The highest BCUT2D eigenvalue weighted by molar-refractivity contribution is 5.59. The van der Waals surface area contributed by atoms with Gasteiger partial charge in [-0.05, 0) is 44.2 Å². The highest BCUT2D eigenvalue weighted by atomic mass is 16.6. The molecule has 1 saturated carbocycles. The molecule has 1 heterocycles. The molecular weight excluding hydrogens is 320 g/mol. The lowest BCUT2D eigenvalue weighted by atomic mass is 9.93. The molecule has 1 aromatic heterocycles. The molecule has 0 unspecified atom stereocenters. The van der Waals surface area contributed by atoms with Gasteiger partial charge in [-0.15, -0.1) is 0 Å². The van der Waals surface area contributed by atoms with Crippen molar-refractivity contribution in [3.63, 3.8) is 0 Å². The van der Waals surface area contributed by atoms with Crippen molar-refractivity contribution in [3.05, 3.63) is 46.1 Å². The lowest BCUT2D eigenvalue weighted by Crippen LogP contribution is -2.28. The maximum absolute atomic E-state index is 10.8. The fourth-order valence-corrected chi connectivity index (χ4v) is 3.04. The van der Waals surface area contributed by atoms with Gasteiger partial charge in [0, 0.05) is 35.5 Å². The number of nitrogens with one attached hydrogen (secondary N) is 1. The van der Waals surface area contributed by atoms with E-state index in [1.165, 1.54) is 12.1 Å². The average Bonchev–Trinajstić information content (AvgIpc) is 2.63. The molecule has 0 saturated heterocycles. The molecule has 3 rings (SSSR count). The molecule has 132 valence electrons. The van der Waals surface area contributed by atoms with Crippen LogP contribution in [0.4, 0.5) is 11.5 Å². The first-order chi connectivity index (χ1) is 12.0. The van der Waals surface area contributed by atoms with E-state index in [1.54, 1.807) is 12.1 Å². The van der Waals surface area contributed by atoms with Gasteiger partial charge in [-0.1, -0.05) is 6.92 Å². The maximum atomic E-state index is 10.8. The number of anilines is 1. The number of aryl methyl sites for hydroxylation is 1. The molecule has 0 radical (unpaired) electrons. The summed E-state index contributed by atoms with van der Waals surface area (Å²) < 4.78 is 0. The van der Waals surface area contributed by atoms with Crippen molar-refractivity contribution in [2.45, 2.75) is 51.2 Å². The largest absolute Gasteiger partial charge is 0.393 e. The molecule has 2 aromatic rings. The van der Waals surface area contributed by atoms with Crippen LogP contribution >= 0.6 is 0 Å². The van der Waals surface area contributed by atoms with Gasteiger partial charge < -0.3 is 10.4 Å². The number of nitrogens with zero attached hydrogens (tertiary/aromatic N) is 3. The van der Waals surface area contributed by atoms with Crippen LogP contribution in [0.25, 0.3) is 11.4 Å². The van der Waals surface area contributed by atoms with Gasteiger partial charge >= 0.3 is 0 Å². The minimum Gasteiger partial charge on any atom is -0.393 e. The maximum Gasteiger partial charge on any atom is 0.269 e. The summed E-state index contributed by atoms with van der Waals surface area (Å²) in [6.07, 6.45) is 4.03. The van der Waals surface area contributed by atoms with Gasteiger partial charge in [-0.3, -0.25) is 10.1 Å². The minimum absolute atomic E-state index is 0.0505. The number of nitro groups is 1. The average molecular weight is 342 g/mol. The third-order valence-electron chi connectivity index (χ3n) is 4.53. The Kier molecular flexibility index (Phi) is 5.23. The van der Waals surface area contributed by atoms with E-state index in [1.807, 2.05) is 13.0 Å². The molecule has 1 aromatic carbocycles. The summed E-state index contributed by atoms with van der Waals surface area (Å²) >= 11 is 0. The first-order valence-corrected chi connectivity index (χ1v) is 8.62. The number of benzene rings is 1. The molecule has 7 nitrogen and oxygen atoms in total. The summed E-state index contributed by atoms with van der Waals surface area (Å²) in [7, 11) is 0. The summed E-state index contributed by atoms with van der Waals surface area (Å²) in [5.74, 6) is 1.33. The number of aliphatic hydroxyl groups is 1. The second-order valence-electron chi connectivity index (χ2n) is 6.38. The number of rotatable bonds is 5. The predicted octanol–water partition coefficient (Wildman–Crippen LogP) is 3.33. The Balaban J connectivity index is 1.83. The Morgan fingerprint density at radius 3 is 2.48 bits per heavy atom. The summed E-state index contributed by atoms with van der Waals surface area (Å²) in [5.41, 5.74) is 1.72. The number of hydrogen-bond donors (Lipinski definition) is 2. The minimum atomic E-state index is -0.419. The second-order valence-corrected chi connectivity index (χ2v) is 6.38. The lowest BCUT2D eigenvalue weighted by Gasteiger charge is -2.26. The molecular formula is C18H22N4O3. The van der Waals surface area contributed by atoms with E-state index in [-0.39, 0.29) is 11.8 Å². The SMILES string of the molecule is CCc1cc(NC2CCC(O)CC2)nc(-c2ccc([N+](=O)[O-])cc2)n1. The standard InChI is InChI=1S/C18H22N4O3/c1-2-13-11-17(19-14-5-9-16(23)10-6-14)21-18(20-13)12-3-7-15(8-4-12)22(24)25/h3-4,7-8,11,14,16,23H,2,5-6,9-10H2,1H3,(H,19,20,21). The van der Waals surface area contributed by atoms with E-state index in [0.29, 0.717) is 11.9 Å². The Morgan fingerprint density at radius 1 is 1.20 bits per heavy atom. The van der Waals surface area contributed by atoms with Crippen LogP contribution in [0, 0.1) is 10.1 Å². The monoisotopic (exact) mass is 342 g/mol. The van der Waals surface area contributed by atoms with Crippen LogP contribution in [0.3, 0.4) is 0 Å². The highest BCUT2D eigenvalue weighted by Gasteiger charge is 2.20. The summed E-state index contributed by atoms with van der Waals surface area (Å²) in [4.78, 5) is 19.5. The van der Waals surface area contributed by atoms with Crippen LogP contribution in [-0.2, 0) is 6.42 Å². The summed E-state index contributed by atoms with van der Waals surface area (Å²) in [6.45, 7) is 2.03. The van der Waals surface area contributed by atoms with Crippen LogP contribution in [0.2, 0.25) is 0 Å². The number of aromatic nitrogens is 2. The first-order valence-electron chi connectivity index (χ1n) is 8.62. The number of hydrogen-bond acceptors (Lipinski definition) is 6. The Labute approximate surface area is 146 Å². The zero-order chi connectivity index (χ0) is 17.8. The van der Waals surface area contributed by atoms with Crippen molar-refractivity contribution < 1.29 is 10.0 Å². The van der Waals surface area contributed by atoms with Crippen LogP contribution in [0.15, 0.2) is 30.3 Å². The zero-order valence-corrected chi connectivity index (χ0v) is 14.2. The van der Waals surface area contributed by atoms with E-state index >= 15 is 0 Å². The van der Waals surface area contributed by atoms with E-state index in [9.17, 15) is 15.2 Å². The molecule has 0 atom stereocenters. The Morgan fingerprint density at radius 2 is 1.88 bits per heavy atom. The van der Waals surface area contributed by atoms with E-state index < -0.39 is 4.92 Å². The Hall–Kier alpha value is -2.54. The van der Waals surface area contributed by atoms with Crippen LogP contribution in [0.5, 0.6) is 0 Å². The number of non-ortho nitro benzene ring substituents is 1. The fraction of sp³-hybridized carbons (Fsp3) is 0.444. The van der Waals surface area contributed by atoms with Crippen molar-refractivity contribution in [1.82, 2.24) is 9.97 Å². The van der Waals surface area contributed by atoms with Crippen molar-refractivity contribution >= 4 is 11.5 Å². The normalized spacial score (nSPS) is 20.2. The lowest BCUT2D eigenvalue weighted by molar-refractivity contribution is -0.384. The van der Waals surface area contributed by atoms with Gasteiger partial charge in [0.25, 0.3) is 5.69 Å². The second kappa shape index (κ2) is 7.57. The van der Waals surface area contributed by atoms with Crippen molar-refractivity contribution in [2.75, 3.05) is 5.32 Å². The van der Waals surface area contributed by atoms with Gasteiger partial charge in [-0.25, -0.2) is 9.97 Å². The molecule has 1 fully saturated rings. The van der Waals surface area contributed by atoms with Gasteiger partial charge in [0.2, 0.25) is 0 Å².